The first-order valence-electron chi connectivity index (χ1n) is 3.96. The first kappa shape index (κ1) is 9.92. The van der Waals surface area contributed by atoms with Crippen LogP contribution in [0.5, 0.6) is 0 Å². The summed E-state index contributed by atoms with van der Waals surface area (Å²) >= 11 is 0. The van der Waals surface area contributed by atoms with Gasteiger partial charge in [-0.2, -0.15) is 8.42 Å². The maximum Gasteiger partial charge on any atom is 0.304 e. The Hall–Kier alpha value is -0.160. The summed E-state index contributed by atoms with van der Waals surface area (Å²) in [5.41, 5.74) is -0.423. The third-order valence-corrected chi connectivity index (χ3v) is 3.56. The van der Waals surface area contributed by atoms with Crippen LogP contribution >= 0.6 is 0 Å². The Labute approximate surface area is 72.8 Å². The molecule has 1 saturated carbocycles. The van der Waals surface area contributed by atoms with Crippen LogP contribution in [0.2, 0.25) is 0 Å². The summed E-state index contributed by atoms with van der Waals surface area (Å²) in [6, 6.07) is 0. The van der Waals surface area contributed by atoms with Crippen LogP contribution in [0.3, 0.4) is 0 Å². The Morgan fingerprint density at radius 2 is 1.92 bits per heavy atom. The van der Waals surface area contributed by atoms with Gasteiger partial charge in [-0.25, -0.2) is 0 Å². The van der Waals surface area contributed by atoms with Crippen LogP contribution in [0.15, 0.2) is 0 Å². The Balaban J connectivity index is 2.70. The molecule has 1 aliphatic rings. The largest absolute Gasteiger partial charge is 0.304 e. The van der Waals surface area contributed by atoms with Crippen LogP contribution in [0.4, 0.5) is 3.89 Å². The van der Waals surface area contributed by atoms with Gasteiger partial charge in [0, 0.05) is 5.54 Å². The summed E-state index contributed by atoms with van der Waals surface area (Å²) < 4.78 is 33.3. The minimum Gasteiger partial charge on any atom is -0.303 e. The van der Waals surface area contributed by atoms with E-state index in [9.17, 15) is 12.3 Å². The topological polar surface area (TPSA) is 37.4 Å². The molecule has 1 aliphatic carbocycles. The molecule has 0 bridgehead atoms. The summed E-state index contributed by atoms with van der Waals surface area (Å²) in [6.07, 6.45) is 2.56. The van der Waals surface area contributed by atoms with Gasteiger partial charge in [0.1, 0.15) is 0 Å². The van der Waals surface area contributed by atoms with Crippen molar-refractivity contribution in [2.45, 2.75) is 24.8 Å². The van der Waals surface area contributed by atoms with Gasteiger partial charge in [0.2, 0.25) is 0 Å². The van der Waals surface area contributed by atoms with Gasteiger partial charge < -0.3 is 4.90 Å². The van der Waals surface area contributed by atoms with Crippen LogP contribution in [-0.4, -0.2) is 38.7 Å². The summed E-state index contributed by atoms with van der Waals surface area (Å²) in [5, 5.41) is 0. The Kier molecular flexibility index (Phi) is 2.45. The van der Waals surface area contributed by atoms with Gasteiger partial charge in [0.15, 0.2) is 0 Å². The molecule has 5 heteroatoms. The molecule has 72 valence electrons. The lowest BCUT2D eigenvalue weighted by Gasteiger charge is -2.46. The van der Waals surface area contributed by atoms with E-state index in [1.807, 2.05) is 4.90 Å². The number of hydrogen-bond acceptors (Lipinski definition) is 3. The smallest absolute Gasteiger partial charge is 0.303 e. The summed E-state index contributed by atoms with van der Waals surface area (Å²) in [6.45, 7) is 0. The molecular weight excluding hydrogens is 181 g/mol. The average molecular weight is 195 g/mol. The highest BCUT2D eigenvalue weighted by Crippen LogP contribution is 2.37. The first-order valence-corrected chi connectivity index (χ1v) is 5.51. The number of halogens is 1. The summed E-state index contributed by atoms with van der Waals surface area (Å²) in [7, 11) is -0.737. The summed E-state index contributed by atoms with van der Waals surface area (Å²) in [4.78, 5) is 1.81. The molecule has 0 saturated heterocycles. The van der Waals surface area contributed by atoms with Crippen molar-refractivity contribution in [3.8, 4) is 0 Å². The van der Waals surface area contributed by atoms with E-state index in [2.05, 4.69) is 0 Å². The van der Waals surface area contributed by atoms with Gasteiger partial charge in [0.05, 0.1) is 5.75 Å². The van der Waals surface area contributed by atoms with Crippen molar-refractivity contribution in [2.75, 3.05) is 19.8 Å². The molecular formula is C7H14FNO2S. The van der Waals surface area contributed by atoms with Crippen LogP contribution in [-0.2, 0) is 10.2 Å². The van der Waals surface area contributed by atoms with Crippen molar-refractivity contribution in [1.29, 1.82) is 0 Å². The van der Waals surface area contributed by atoms with E-state index in [1.165, 1.54) is 0 Å². The Morgan fingerprint density at radius 3 is 2.00 bits per heavy atom. The maximum absolute atomic E-state index is 12.4. The first-order chi connectivity index (χ1) is 5.36. The van der Waals surface area contributed by atoms with Gasteiger partial charge in [-0.1, -0.05) is 0 Å². The Morgan fingerprint density at radius 1 is 1.42 bits per heavy atom. The monoisotopic (exact) mass is 195 g/mol. The van der Waals surface area contributed by atoms with Gasteiger partial charge in [-0.05, 0) is 33.4 Å². The highest BCUT2D eigenvalue weighted by Gasteiger charge is 2.42. The van der Waals surface area contributed by atoms with Crippen molar-refractivity contribution >= 4 is 10.2 Å². The van der Waals surface area contributed by atoms with E-state index in [1.54, 1.807) is 14.1 Å². The predicted octanol–water partition coefficient (Wildman–Crippen LogP) is 0.770. The van der Waals surface area contributed by atoms with Crippen molar-refractivity contribution in [3.63, 3.8) is 0 Å². The normalized spacial score (nSPS) is 22.3. The molecule has 0 spiro atoms. The molecule has 0 aromatic heterocycles. The zero-order valence-electron chi connectivity index (χ0n) is 7.38. The molecule has 0 radical (unpaired) electrons. The van der Waals surface area contributed by atoms with Crippen LogP contribution < -0.4 is 0 Å². The molecule has 0 aliphatic heterocycles. The molecule has 0 heterocycles. The van der Waals surface area contributed by atoms with Crippen LogP contribution in [0.25, 0.3) is 0 Å². The van der Waals surface area contributed by atoms with E-state index in [0.717, 1.165) is 19.3 Å². The maximum atomic E-state index is 12.4. The minimum absolute atomic E-state index is 0.354. The summed E-state index contributed by atoms with van der Waals surface area (Å²) in [5.74, 6) is -0.354. The highest BCUT2D eigenvalue weighted by molar-refractivity contribution is 7.86. The zero-order valence-corrected chi connectivity index (χ0v) is 8.19. The number of rotatable bonds is 3. The van der Waals surface area contributed by atoms with Gasteiger partial charge >= 0.3 is 10.2 Å². The molecule has 1 fully saturated rings. The van der Waals surface area contributed by atoms with E-state index in [0.29, 0.717) is 0 Å². The van der Waals surface area contributed by atoms with Crippen molar-refractivity contribution in [3.05, 3.63) is 0 Å². The van der Waals surface area contributed by atoms with Gasteiger partial charge in [-0.15, -0.1) is 3.89 Å². The third kappa shape index (κ3) is 1.95. The number of nitrogens with zero attached hydrogens (tertiary/aromatic N) is 1. The molecule has 3 nitrogen and oxygen atoms in total. The Bertz CT molecular complexity index is 257. The van der Waals surface area contributed by atoms with Crippen molar-refractivity contribution in [2.24, 2.45) is 0 Å². The predicted molar refractivity (Wildman–Crippen MR) is 45.2 cm³/mol. The fourth-order valence-electron chi connectivity index (χ4n) is 1.63. The lowest BCUT2D eigenvalue weighted by molar-refractivity contribution is 0.0827. The van der Waals surface area contributed by atoms with E-state index >= 15 is 0 Å². The molecule has 0 N–H and O–H groups in total. The molecule has 12 heavy (non-hydrogen) atoms. The molecule has 1 rings (SSSR count). The molecule has 0 aromatic carbocycles. The lowest BCUT2D eigenvalue weighted by atomic mass is 9.77. The fraction of sp³-hybridized carbons (Fsp3) is 1.00. The number of hydrogen-bond donors (Lipinski definition) is 0. The van der Waals surface area contributed by atoms with Crippen LogP contribution in [0, 0.1) is 0 Å². The molecule has 0 amide bonds. The highest BCUT2D eigenvalue weighted by atomic mass is 32.3. The third-order valence-electron chi connectivity index (χ3n) is 2.67. The quantitative estimate of drug-likeness (QED) is 0.624. The average Bonchev–Trinajstić information content (AvgIpc) is 1.75. The van der Waals surface area contributed by atoms with E-state index in [4.69, 9.17) is 0 Å². The lowest BCUT2D eigenvalue weighted by Crippen LogP contribution is -2.54. The van der Waals surface area contributed by atoms with E-state index in [-0.39, 0.29) is 5.75 Å². The van der Waals surface area contributed by atoms with Gasteiger partial charge in [0.25, 0.3) is 0 Å². The zero-order chi connectivity index (χ0) is 9.41. The standard InChI is InChI=1S/C7H14FNO2S/c1-9(2)7(4-3-5-7)6-12(8,10)11/h3-6H2,1-2H3. The van der Waals surface area contributed by atoms with Gasteiger partial charge in [-0.3, -0.25) is 0 Å². The second-order valence-corrected chi connectivity index (χ2v) is 5.02. The second kappa shape index (κ2) is 2.96. The minimum atomic E-state index is -4.33. The van der Waals surface area contributed by atoms with Crippen LogP contribution in [0.1, 0.15) is 19.3 Å². The SMILES string of the molecule is CN(C)C1(CS(=O)(=O)F)CCC1. The van der Waals surface area contributed by atoms with Crippen molar-refractivity contribution in [1.82, 2.24) is 4.90 Å². The molecule has 0 atom stereocenters. The molecule has 0 unspecified atom stereocenters. The second-order valence-electron chi connectivity index (χ2n) is 3.66. The molecule has 0 aromatic rings. The van der Waals surface area contributed by atoms with E-state index < -0.39 is 15.8 Å². The fourth-order valence-corrected chi connectivity index (χ4v) is 2.82. The van der Waals surface area contributed by atoms with Crippen molar-refractivity contribution < 1.29 is 12.3 Å².